The minimum absolute atomic E-state index is 0.00160. The molecule has 4 aromatic heterocycles. The van der Waals surface area contributed by atoms with Crippen LogP contribution in [0.15, 0.2) is 12.4 Å². The van der Waals surface area contributed by atoms with Gasteiger partial charge in [0.15, 0.2) is 64.0 Å². The number of halogens is 3. The van der Waals surface area contributed by atoms with Gasteiger partial charge in [-0.25, -0.2) is 31.0 Å². The lowest BCUT2D eigenvalue weighted by atomic mass is 10.1. The van der Waals surface area contributed by atoms with E-state index in [4.69, 9.17) is 51.4 Å². The van der Waals surface area contributed by atoms with E-state index in [-0.39, 0.29) is 46.4 Å². The number of aliphatic hydroxyl groups excluding tert-OH is 4. The van der Waals surface area contributed by atoms with Crippen molar-refractivity contribution >= 4 is 120 Å². The molecule has 9 rings (SSSR count). The Hall–Kier alpha value is -2.63. The molecular formula is C50H81BrCl2N10O19P2S2Si. The van der Waals surface area contributed by atoms with Gasteiger partial charge in [0, 0.05) is 18.7 Å². The zero-order valence-electron chi connectivity index (χ0n) is 50.5. The van der Waals surface area contributed by atoms with Crippen LogP contribution in [0.2, 0.25) is 30.2 Å². The lowest BCUT2D eigenvalue weighted by molar-refractivity contribution is -0.195. The Balaban J connectivity index is 0.000000239. The third kappa shape index (κ3) is 15.6. The molecule has 37 heteroatoms. The topological polar surface area (TPSA) is 399 Å². The van der Waals surface area contributed by atoms with Crippen molar-refractivity contribution in [2.75, 3.05) is 48.2 Å². The molecule has 3 unspecified atom stereocenters. The van der Waals surface area contributed by atoms with Crippen molar-refractivity contribution in [1.29, 1.82) is 0 Å². The van der Waals surface area contributed by atoms with Crippen molar-refractivity contribution in [2.24, 2.45) is 0 Å². The molecule has 11 atom stereocenters. The molecule has 3 aliphatic heterocycles. The van der Waals surface area contributed by atoms with Crippen molar-refractivity contribution in [3.63, 3.8) is 0 Å². The predicted octanol–water partition coefficient (Wildman–Crippen LogP) is 6.62. The first-order valence-electron chi connectivity index (χ1n) is 28.3. The van der Waals surface area contributed by atoms with Crippen LogP contribution < -0.4 is 10.2 Å². The molecule has 7 N–H and O–H groups in total. The summed E-state index contributed by atoms with van der Waals surface area (Å²) >= 11 is 16.1. The van der Waals surface area contributed by atoms with E-state index in [0.29, 0.717) is 23.5 Å². The number of carbonyl (C=O) groups is 1. The van der Waals surface area contributed by atoms with Crippen molar-refractivity contribution in [3.05, 3.63) is 23.0 Å². The van der Waals surface area contributed by atoms with Gasteiger partial charge in [0.1, 0.15) is 54.7 Å². The Morgan fingerprint density at radius 1 is 0.793 bits per heavy atom. The van der Waals surface area contributed by atoms with E-state index in [1.165, 1.54) is 35.6 Å². The number of hydrogen-bond donors (Lipinski definition) is 7. The van der Waals surface area contributed by atoms with Gasteiger partial charge in [-0.05, 0) is 104 Å². The molecule has 1 amide bonds. The van der Waals surface area contributed by atoms with E-state index < -0.39 is 142 Å². The molecule has 3 saturated heterocycles. The Morgan fingerprint density at radius 3 is 1.82 bits per heavy atom. The Morgan fingerprint density at radius 2 is 1.28 bits per heavy atom. The zero-order valence-corrected chi connectivity index (χ0v) is 58.0. The van der Waals surface area contributed by atoms with Gasteiger partial charge in [-0.3, -0.25) is 14.0 Å². The molecule has 29 nitrogen and oxygen atoms in total. The molecule has 0 radical (unpaired) electrons. The summed E-state index contributed by atoms with van der Waals surface area (Å²) in [5.41, 5.74) is -0.370. The number of nitrogens with one attached hydrogen (secondary N) is 1. The minimum atomic E-state index is -5.31. The zero-order chi connectivity index (χ0) is 65.0. The van der Waals surface area contributed by atoms with Gasteiger partial charge < -0.3 is 63.7 Å². The molecular weight excluding hydrogens is 1350 g/mol. The molecule has 5 fully saturated rings. The maximum atomic E-state index is 13.9. The monoisotopic (exact) mass is 1430 g/mol. The number of nitrogens with zero attached hydrogens (tertiary/aromatic N) is 9. The van der Waals surface area contributed by atoms with Crippen molar-refractivity contribution in [1.82, 2.24) is 39.5 Å². The molecule has 0 aromatic carbocycles. The highest BCUT2D eigenvalue weighted by atomic mass is 79.9. The fraction of sp³-hybridized carbons (Fsp3) is 0.780. The molecule has 2 aliphatic carbocycles. The fourth-order valence-corrected chi connectivity index (χ4v) is 18.8. The highest BCUT2D eigenvalue weighted by molar-refractivity contribution is 9.26. The second kappa shape index (κ2) is 26.8. The molecule has 492 valence electrons. The molecule has 87 heavy (non-hydrogen) atoms. The largest absolute Gasteiger partial charge is 0.443 e. The highest BCUT2D eigenvalue weighted by Gasteiger charge is 2.61. The number of amides is 1. The number of carbonyl (C=O) groups excluding carboxylic acids is 1. The number of fused-ring (bicyclic) bond motifs is 3. The Labute approximate surface area is 524 Å². The van der Waals surface area contributed by atoms with Gasteiger partial charge in [-0.15, -0.1) is 15.3 Å². The number of aliphatic hydroxyl groups is 4. The van der Waals surface area contributed by atoms with Crippen LogP contribution in [0.25, 0.3) is 22.1 Å². The number of aromatic nitrogens is 8. The van der Waals surface area contributed by atoms with Gasteiger partial charge >= 0.3 is 13.7 Å². The molecule has 2 saturated carbocycles. The molecule has 0 bridgehead atoms. The van der Waals surface area contributed by atoms with E-state index in [2.05, 4.69) is 70.4 Å². The molecule has 7 heterocycles. The third-order valence-corrected chi connectivity index (χ3v) is 27.7. The van der Waals surface area contributed by atoms with E-state index in [9.17, 15) is 61.0 Å². The third-order valence-electron chi connectivity index (χ3n) is 15.5. The second-order valence-corrected chi connectivity index (χ2v) is 47.5. The SMILES string of the molecule is CC(CO)(P(=O)(O)O)S(=O)(=O)C[C@H]1O[C@@H](n2ncc3c(NC4CCCC4)nc(Cl)nc32)[C@H](O)[C@@H]1O.CCOP(C)(=O)C(C)(CO)S(=O)(=O)C[C@H]1O[C@@H](n2ncc3c(N(C(=O)OC(C)(C)C)C4CCCC4)nc(Cl)nc32)[C@@H]2OC(C)(C)O[C@@H]21.C[Si](C)(C)Br. The first-order chi connectivity index (χ1) is 40.0. The Kier molecular flexibility index (Phi) is 22.1. The summed E-state index contributed by atoms with van der Waals surface area (Å²) in [6.07, 6.45) is -0.430. The summed E-state index contributed by atoms with van der Waals surface area (Å²) < 4.78 is 112. The van der Waals surface area contributed by atoms with E-state index >= 15 is 0 Å². The normalized spacial score (nSPS) is 26.8. The maximum absolute atomic E-state index is 13.9. The van der Waals surface area contributed by atoms with Crippen LogP contribution in [0, 0.1) is 0 Å². The summed E-state index contributed by atoms with van der Waals surface area (Å²) in [7, 11) is -18.2. The second-order valence-electron chi connectivity index (χ2n) is 25.0. The van der Waals surface area contributed by atoms with Crippen molar-refractivity contribution in [3.8, 4) is 0 Å². The molecule has 5 aliphatic rings. The number of sulfone groups is 2. The van der Waals surface area contributed by atoms with Gasteiger partial charge in [-0.1, -0.05) is 45.3 Å². The minimum Gasteiger partial charge on any atom is -0.443 e. The number of hydrogen-bond acceptors (Lipinski definition) is 24. The summed E-state index contributed by atoms with van der Waals surface area (Å²) in [5, 5.41) is 53.4. The van der Waals surface area contributed by atoms with E-state index in [1.807, 2.05) is 0 Å². The number of ether oxygens (including phenoxy) is 5. The van der Waals surface area contributed by atoms with Crippen LogP contribution in [0.5, 0.6) is 0 Å². The maximum Gasteiger partial charge on any atom is 0.416 e. The highest BCUT2D eigenvalue weighted by Crippen LogP contribution is 2.59. The number of rotatable bonds is 18. The smallest absolute Gasteiger partial charge is 0.416 e. The van der Waals surface area contributed by atoms with Crippen LogP contribution in [-0.2, 0) is 57.0 Å². The summed E-state index contributed by atoms with van der Waals surface area (Å²) in [5.74, 6) is -2.17. The quantitative estimate of drug-likeness (QED) is 0.0238. The molecule has 0 spiro atoms. The fourth-order valence-electron chi connectivity index (χ4n) is 10.7. The van der Waals surface area contributed by atoms with Gasteiger partial charge in [-0.2, -0.15) is 30.1 Å². The van der Waals surface area contributed by atoms with Crippen LogP contribution >= 0.6 is 53.5 Å². The van der Waals surface area contributed by atoms with Crippen LogP contribution in [0.1, 0.15) is 119 Å². The summed E-state index contributed by atoms with van der Waals surface area (Å²) in [6, 6.07) is 0.0237. The number of anilines is 2. The van der Waals surface area contributed by atoms with Gasteiger partial charge in [0.25, 0.3) is 0 Å². The van der Waals surface area contributed by atoms with Crippen molar-refractivity contribution in [2.45, 2.75) is 208 Å². The lowest BCUT2D eigenvalue weighted by Crippen LogP contribution is -2.46. The van der Waals surface area contributed by atoms with Gasteiger partial charge in [0.05, 0.1) is 54.5 Å². The van der Waals surface area contributed by atoms with Crippen LogP contribution in [-0.4, -0.2) is 206 Å². The molecule has 4 aromatic rings. The lowest BCUT2D eigenvalue weighted by Gasteiger charge is -2.34. The predicted molar refractivity (Wildman–Crippen MR) is 329 cm³/mol. The van der Waals surface area contributed by atoms with Crippen LogP contribution in [0.3, 0.4) is 0 Å². The summed E-state index contributed by atoms with van der Waals surface area (Å²) in [4.78, 5) is 51.4. The Bertz CT molecular complexity index is 3450. The average molecular weight is 1430 g/mol. The van der Waals surface area contributed by atoms with E-state index in [1.54, 1.807) is 41.5 Å². The van der Waals surface area contributed by atoms with Gasteiger partial charge in [0.2, 0.25) is 17.9 Å². The first-order valence-corrected chi connectivity index (χ1v) is 41.8. The van der Waals surface area contributed by atoms with Crippen LogP contribution in [0.4, 0.5) is 16.4 Å². The average Bonchev–Trinajstić information content (AvgIpc) is 1.69. The van der Waals surface area contributed by atoms with Crippen molar-refractivity contribution < 1.29 is 89.2 Å². The summed E-state index contributed by atoms with van der Waals surface area (Å²) in [6.45, 7) is 17.1. The standard InChI is InChI=1S/C29H45ClN5O10PS.C18H27ClN5O9PS.C3H9BrSi/c1-9-41-46(8,38)29(7,16-36)47(39,40)15-19-20-21(44-28(5,6)43-20)24(42-19)35-23-18(14-31-35)22(32-25(30)33-23)34(17-12-10-11-13-17)26(37)45-27(2,3)4;1-18(8-25,34(28,29)30)35(31,32)7-11-12(26)13(27)16(33-11)24-15-10(6-20-24)14(22-17(19)23-15)21-9-4-2-3-5-9;1-5(2,3)4/h14,17,19-21,24,36H,9-13,15-16H2,1-8H3;6,9,11-13,16,25-27H,2-5,7-8H2,1H3,(H,21,22,23)(H2,28,29,30);1-3H3/t19-,20-,21-,24-,29?,46?;11-,12-,13-,16-,18?;/m11./s1. The van der Waals surface area contributed by atoms with E-state index in [0.717, 1.165) is 56.0 Å². The first kappa shape index (κ1) is 71.8.